The van der Waals surface area contributed by atoms with Crippen LogP contribution in [0.15, 0.2) is 35.3 Å². The summed E-state index contributed by atoms with van der Waals surface area (Å²) in [6.45, 7) is 0.831. The van der Waals surface area contributed by atoms with Gasteiger partial charge in [0.15, 0.2) is 5.96 Å². The summed E-state index contributed by atoms with van der Waals surface area (Å²) < 4.78 is 36.4. The Morgan fingerprint density at radius 3 is 2.40 bits per heavy atom. The van der Waals surface area contributed by atoms with Crippen LogP contribution in [-0.4, -0.2) is 50.1 Å². The van der Waals surface area contributed by atoms with Crippen molar-refractivity contribution in [2.24, 2.45) is 4.99 Å². The summed E-state index contributed by atoms with van der Waals surface area (Å²) in [5.41, 5.74) is 1.000. The molecule has 0 atom stereocenters. The van der Waals surface area contributed by atoms with Crippen LogP contribution < -0.4 is 10.6 Å². The second-order valence-corrected chi connectivity index (χ2v) is 5.79. The summed E-state index contributed by atoms with van der Waals surface area (Å²) >= 11 is 0. The monoisotopic (exact) mass is 358 g/mol. The number of halogens is 3. The maximum Gasteiger partial charge on any atom is 0.389 e. The molecule has 0 aliphatic carbocycles. The predicted octanol–water partition coefficient (Wildman–Crippen LogP) is 2.54. The highest BCUT2D eigenvalue weighted by molar-refractivity contribution is 5.86. The second kappa shape index (κ2) is 10.6. The van der Waals surface area contributed by atoms with Gasteiger partial charge in [-0.1, -0.05) is 30.3 Å². The molecule has 8 heteroatoms. The van der Waals surface area contributed by atoms with Crippen molar-refractivity contribution in [3.05, 3.63) is 35.9 Å². The average molecular weight is 358 g/mol. The molecule has 1 amide bonds. The molecule has 0 saturated carbocycles. The first-order valence-electron chi connectivity index (χ1n) is 8.11. The van der Waals surface area contributed by atoms with Crippen LogP contribution in [0.5, 0.6) is 0 Å². The summed E-state index contributed by atoms with van der Waals surface area (Å²) in [6, 6.07) is 9.56. The van der Waals surface area contributed by atoms with E-state index in [0.717, 1.165) is 5.56 Å². The Morgan fingerprint density at radius 1 is 1.12 bits per heavy atom. The molecule has 0 bridgehead atoms. The van der Waals surface area contributed by atoms with Crippen molar-refractivity contribution >= 4 is 11.9 Å². The van der Waals surface area contributed by atoms with E-state index in [1.54, 1.807) is 14.1 Å². The van der Waals surface area contributed by atoms with Crippen molar-refractivity contribution in [2.75, 3.05) is 27.2 Å². The van der Waals surface area contributed by atoms with Crippen molar-refractivity contribution in [3.63, 3.8) is 0 Å². The van der Waals surface area contributed by atoms with Gasteiger partial charge in [-0.3, -0.25) is 4.79 Å². The third-order valence-corrected chi connectivity index (χ3v) is 3.35. The van der Waals surface area contributed by atoms with Crippen LogP contribution in [0.1, 0.15) is 24.8 Å². The largest absolute Gasteiger partial charge is 0.389 e. The predicted molar refractivity (Wildman–Crippen MR) is 92.2 cm³/mol. The first kappa shape index (κ1) is 20.8. The lowest BCUT2D eigenvalue weighted by atomic mass is 10.2. The molecular weight excluding hydrogens is 333 g/mol. The van der Waals surface area contributed by atoms with Crippen molar-refractivity contribution in [3.8, 4) is 0 Å². The van der Waals surface area contributed by atoms with Crippen molar-refractivity contribution < 1.29 is 18.0 Å². The number of aliphatic imine (C=N–C) groups is 1. The van der Waals surface area contributed by atoms with Crippen molar-refractivity contribution in [2.45, 2.75) is 32.0 Å². The van der Waals surface area contributed by atoms with E-state index in [0.29, 0.717) is 25.5 Å². The Bertz CT molecular complexity index is 545. The van der Waals surface area contributed by atoms with Gasteiger partial charge >= 0.3 is 6.18 Å². The van der Waals surface area contributed by atoms with E-state index in [1.807, 2.05) is 30.3 Å². The molecule has 0 radical (unpaired) electrons. The molecule has 0 aromatic heterocycles. The van der Waals surface area contributed by atoms with Gasteiger partial charge in [-0.25, -0.2) is 4.99 Å². The molecule has 2 N–H and O–H groups in total. The quantitative estimate of drug-likeness (QED) is 0.427. The van der Waals surface area contributed by atoms with Crippen LogP contribution in [-0.2, 0) is 11.3 Å². The molecule has 0 heterocycles. The molecule has 1 aromatic carbocycles. The zero-order valence-corrected chi connectivity index (χ0v) is 14.6. The summed E-state index contributed by atoms with van der Waals surface area (Å²) in [6.07, 6.45) is -4.50. The van der Waals surface area contributed by atoms with Crippen LogP contribution in [0.4, 0.5) is 13.2 Å². The van der Waals surface area contributed by atoms with Gasteiger partial charge in [0.2, 0.25) is 5.91 Å². The van der Waals surface area contributed by atoms with Gasteiger partial charge in [0, 0.05) is 27.1 Å². The van der Waals surface area contributed by atoms with Crippen LogP contribution in [0.2, 0.25) is 0 Å². The van der Waals surface area contributed by atoms with Gasteiger partial charge < -0.3 is 15.5 Å². The number of nitrogens with one attached hydrogen (secondary N) is 2. The smallest absolute Gasteiger partial charge is 0.356 e. The first-order valence-corrected chi connectivity index (χ1v) is 8.11. The number of benzene rings is 1. The first-order chi connectivity index (χ1) is 11.8. The zero-order chi connectivity index (χ0) is 18.7. The van der Waals surface area contributed by atoms with Gasteiger partial charge in [-0.15, -0.1) is 0 Å². The Hall–Kier alpha value is -2.25. The zero-order valence-electron chi connectivity index (χ0n) is 14.6. The van der Waals surface area contributed by atoms with Crippen molar-refractivity contribution in [1.82, 2.24) is 15.5 Å². The third kappa shape index (κ3) is 10.3. The molecule has 140 valence electrons. The fraction of sp³-hybridized carbons (Fsp3) is 0.529. The number of likely N-dealkylation sites (N-methyl/N-ethyl adjacent to an activating group) is 1. The summed E-state index contributed by atoms with van der Waals surface area (Å²) in [5, 5.41) is 5.88. The number of hydrogen-bond acceptors (Lipinski definition) is 2. The lowest BCUT2D eigenvalue weighted by Crippen LogP contribution is -2.43. The van der Waals surface area contributed by atoms with E-state index < -0.39 is 12.6 Å². The maximum absolute atomic E-state index is 12.1. The molecule has 1 aromatic rings. The summed E-state index contributed by atoms with van der Waals surface area (Å²) in [7, 11) is 3.30. The summed E-state index contributed by atoms with van der Waals surface area (Å²) in [4.78, 5) is 17.5. The van der Waals surface area contributed by atoms with Gasteiger partial charge in [0.05, 0.1) is 13.1 Å². The molecule has 5 nitrogen and oxygen atoms in total. The lowest BCUT2D eigenvalue weighted by Gasteiger charge is -2.15. The van der Waals surface area contributed by atoms with Crippen LogP contribution in [0.3, 0.4) is 0 Å². The number of hydrogen-bond donors (Lipinski definition) is 2. The Balaban J connectivity index is 2.50. The van der Waals surface area contributed by atoms with Gasteiger partial charge in [-0.05, 0) is 18.4 Å². The minimum Gasteiger partial charge on any atom is -0.356 e. The van der Waals surface area contributed by atoms with Crippen molar-refractivity contribution in [1.29, 1.82) is 0 Å². The number of carbonyl (C=O) groups is 1. The fourth-order valence-corrected chi connectivity index (χ4v) is 1.90. The molecule has 0 spiro atoms. The lowest BCUT2D eigenvalue weighted by molar-refractivity contribution is -0.135. The molecular formula is C17H25F3N4O. The highest BCUT2D eigenvalue weighted by Gasteiger charge is 2.25. The Kier molecular flexibility index (Phi) is 8.80. The van der Waals surface area contributed by atoms with E-state index >= 15 is 0 Å². The second-order valence-electron chi connectivity index (χ2n) is 5.79. The number of carbonyl (C=O) groups excluding carboxylic acids is 1. The topological polar surface area (TPSA) is 56.7 Å². The number of guanidine groups is 1. The van der Waals surface area contributed by atoms with Gasteiger partial charge in [-0.2, -0.15) is 13.2 Å². The molecule has 1 rings (SSSR count). The normalized spacial score (nSPS) is 12.0. The molecule has 25 heavy (non-hydrogen) atoms. The maximum atomic E-state index is 12.1. The number of alkyl halides is 3. The highest BCUT2D eigenvalue weighted by atomic mass is 19.4. The Morgan fingerprint density at radius 2 is 1.80 bits per heavy atom. The van der Waals surface area contributed by atoms with Crippen LogP contribution in [0.25, 0.3) is 0 Å². The summed E-state index contributed by atoms with van der Waals surface area (Å²) in [5.74, 6) is 0.289. The van der Waals surface area contributed by atoms with Gasteiger partial charge in [0.25, 0.3) is 0 Å². The minimum absolute atomic E-state index is 0.0547. The number of unbranched alkanes of at least 4 members (excludes halogenated alkanes) is 1. The van der Waals surface area contributed by atoms with E-state index in [-0.39, 0.29) is 18.9 Å². The Labute approximate surface area is 146 Å². The molecule has 0 fully saturated rings. The van der Waals surface area contributed by atoms with E-state index in [1.165, 1.54) is 4.90 Å². The third-order valence-electron chi connectivity index (χ3n) is 3.35. The minimum atomic E-state index is -4.12. The van der Waals surface area contributed by atoms with Crippen LogP contribution in [0, 0.1) is 0 Å². The molecule has 0 aliphatic rings. The highest BCUT2D eigenvalue weighted by Crippen LogP contribution is 2.21. The van der Waals surface area contributed by atoms with E-state index in [9.17, 15) is 18.0 Å². The van der Waals surface area contributed by atoms with Gasteiger partial charge in [0.1, 0.15) is 0 Å². The number of amides is 1. The van der Waals surface area contributed by atoms with E-state index in [4.69, 9.17) is 0 Å². The molecule has 0 aliphatic heterocycles. The average Bonchev–Trinajstić information content (AvgIpc) is 2.55. The van der Waals surface area contributed by atoms with Crippen LogP contribution >= 0.6 is 0 Å². The number of rotatable bonds is 8. The number of nitrogens with zero attached hydrogens (tertiary/aromatic N) is 2. The fourth-order valence-electron chi connectivity index (χ4n) is 1.90. The molecule has 0 unspecified atom stereocenters. The SMILES string of the molecule is CN(C)C(=O)CNC(=NCc1ccccc1)NCCCCC(F)(F)F. The molecule has 0 saturated heterocycles. The standard InChI is InChI=1S/C17H25F3N4O/c1-24(2)15(25)13-23-16(21-11-7-6-10-17(18,19)20)22-12-14-8-4-3-5-9-14/h3-5,8-9H,6-7,10-13H2,1-2H3,(H2,21,22,23). The van der Waals surface area contributed by atoms with E-state index in [2.05, 4.69) is 15.6 Å².